The van der Waals surface area contributed by atoms with E-state index in [0.717, 1.165) is 35.4 Å². The van der Waals surface area contributed by atoms with Gasteiger partial charge in [0.25, 0.3) is 0 Å². The van der Waals surface area contributed by atoms with Crippen molar-refractivity contribution in [1.29, 1.82) is 0 Å². The topological polar surface area (TPSA) is 101 Å². The molecule has 3 N–H and O–H groups in total. The summed E-state index contributed by atoms with van der Waals surface area (Å²) in [5, 5.41) is 9.07. The van der Waals surface area contributed by atoms with Crippen LogP contribution in [0.3, 0.4) is 0 Å². The summed E-state index contributed by atoms with van der Waals surface area (Å²) in [7, 11) is 0. The first-order valence-corrected chi connectivity index (χ1v) is 9.62. The van der Waals surface area contributed by atoms with Crippen LogP contribution in [0.25, 0.3) is 16.7 Å². The lowest BCUT2D eigenvalue weighted by Gasteiger charge is -2.29. The molecule has 3 atom stereocenters. The number of halogens is 3. The van der Waals surface area contributed by atoms with Gasteiger partial charge in [-0.05, 0) is 37.5 Å². The molecule has 160 valence electrons. The van der Waals surface area contributed by atoms with E-state index < -0.39 is 40.0 Å². The molecule has 0 unspecified atom stereocenters. The van der Waals surface area contributed by atoms with E-state index in [4.69, 9.17) is 5.73 Å². The quantitative estimate of drug-likeness (QED) is 0.662. The van der Waals surface area contributed by atoms with Crippen LogP contribution >= 0.6 is 0 Å². The second-order valence-electron chi connectivity index (χ2n) is 8.15. The van der Waals surface area contributed by atoms with Gasteiger partial charge in [-0.15, -0.1) is 0 Å². The van der Waals surface area contributed by atoms with Crippen molar-refractivity contribution < 1.29 is 23.1 Å². The van der Waals surface area contributed by atoms with E-state index in [9.17, 15) is 23.5 Å². The van der Waals surface area contributed by atoms with E-state index in [2.05, 4.69) is 4.98 Å². The second-order valence-corrected chi connectivity index (χ2v) is 8.15. The lowest BCUT2D eigenvalue weighted by Crippen LogP contribution is -2.43. The van der Waals surface area contributed by atoms with Crippen molar-refractivity contribution in [3.8, 4) is 5.69 Å². The average molecular weight is 430 g/mol. The number of carbonyl (C=O) groups is 1. The van der Waals surface area contributed by atoms with E-state index in [0.29, 0.717) is 12.6 Å². The fraction of sp³-hybridized carbons (Fsp3) is 0.286. The van der Waals surface area contributed by atoms with Gasteiger partial charge in [0, 0.05) is 30.4 Å². The minimum atomic E-state index is -1.56. The molecule has 31 heavy (non-hydrogen) atoms. The van der Waals surface area contributed by atoms with Crippen molar-refractivity contribution in [3.05, 3.63) is 63.7 Å². The van der Waals surface area contributed by atoms with Gasteiger partial charge in [-0.2, -0.15) is 0 Å². The van der Waals surface area contributed by atoms with Gasteiger partial charge in [-0.1, -0.05) is 0 Å². The number of aromatic nitrogens is 2. The van der Waals surface area contributed by atoms with E-state index in [1.165, 1.54) is 0 Å². The standard InChI is InChI=1S/C21H17F3N4O3/c1-9-21(25)6-10(21)7-27(9)19-15(24)5-12-17(29)13(20(30)31)8-28(18(12)26-19)16-3-2-11(22)4-14(16)23/h2-5,8-10H,6-7,25H2,1H3,(H,30,31)/t9-,10-,21-/m1/s1. The van der Waals surface area contributed by atoms with Gasteiger partial charge >= 0.3 is 5.97 Å². The maximum absolute atomic E-state index is 15.0. The summed E-state index contributed by atoms with van der Waals surface area (Å²) < 4.78 is 44.0. The zero-order valence-electron chi connectivity index (χ0n) is 16.3. The maximum atomic E-state index is 15.0. The number of carboxylic acid groups (broad SMARTS) is 1. The fourth-order valence-electron chi connectivity index (χ4n) is 4.50. The molecular weight excluding hydrogens is 413 g/mol. The van der Waals surface area contributed by atoms with Crippen LogP contribution in [-0.4, -0.2) is 38.8 Å². The Morgan fingerprint density at radius 2 is 2.00 bits per heavy atom. The summed E-state index contributed by atoms with van der Waals surface area (Å²) in [6, 6.07) is 3.40. The maximum Gasteiger partial charge on any atom is 0.341 e. The molecule has 10 heteroatoms. The van der Waals surface area contributed by atoms with E-state index in [-0.39, 0.29) is 34.5 Å². The third kappa shape index (κ3) is 2.74. The van der Waals surface area contributed by atoms with Crippen molar-refractivity contribution in [2.75, 3.05) is 11.4 Å². The SMILES string of the molecule is C[C@H]1N(c2nc3c(cc2F)c(=O)c(C(=O)O)cn3-c2ccc(F)cc2F)C[C@H]2C[C@]21N. The first-order valence-electron chi connectivity index (χ1n) is 9.62. The van der Waals surface area contributed by atoms with Gasteiger partial charge in [0.05, 0.1) is 11.1 Å². The molecule has 2 aromatic heterocycles. The van der Waals surface area contributed by atoms with E-state index >= 15 is 4.39 Å². The van der Waals surface area contributed by atoms with Crippen molar-refractivity contribution in [1.82, 2.24) is 9.55 Å². The predicted molar refractivity (Wildman–Crippen MR) is 106 cm³/mol. The molecule has 7 nitrogen and oxygen atoms in total. The Kier molecular flexibility index (Phi) is 3.97. The highest BCUT2D eigenvalue weighted by atomic mass is 19.1. The Hall–Kier alpha value is -3.40. The number of rotatable bonds is 3. The number of carboxylic acids is 1. The molecule has 2 fully saturated rings. The molecule has 0 radical (unpaired) electrons. The molecule has 0 bridgehead atoms. The number of nitrogens with zero attached hydrogens (tertiary/aromatic N) is 3. The summed E-state index contributed by atoms with van der Waals surface area (Å²) in [5.41, 5.74) is 3.87. The monoisotopic (exact) mass is 430 g/mol. The Morgan fingerprint density at radius 1 is 1.26 bits per heavy atom. The van der Waals surface area contributed by atoms with E-state index in [1.807, 2.05) is 6.92 Å². The summed E-state index contributed by atoms with van der Waals surface area (Å²) in [6.45, 7) is 2.34. The highest BCUT2D eigenvalue weighted by molar-refractivity contribution is 5.92. The van der Waals surface area contributed by atoms with Crippen LogP contribution in [0.2, 0.25) is 0 Å². The van der Waals surface area contributed by atoms with Gasteiger partial charge in [-0.25, -0.2) is 22.9 Å². The molecule has 3 aromatic rings. The van der Waals surface area contributed by atoms with Gasteiger partial charge in [0.1, 0.15) is 17.2 Å². The minimum absolute atomic E-state index is 0.0595. The number of benzene rings is 1. The molecular formula is C21H17F3N4O3. The Balaban J connectivity index is 1.79. The highest BCUT2D eigenvalue weighted by Crippen LogP contribution is 2.52. The summed E-state index contributed by atoms with van der Waals surface area (Å²) in [6.07, 6.45) is 1.74. The summed E-state index contributed by atoms with van der Waals surface area (Å²) in [4.78, 5) is 30.2. The average Bonchev–Trinajstić information content (AvgIpc) is 3.30. The third-order valence-electron chi connectivity index (χ3n) is 6.45. The van der Waals surface area contributed by atoms with Gasteiger partial charge in [-0.3, -0.25) is 9.36 Å². The Bertz CT molecular complexity index is 1340. The smallest absolute Gasteiger partial charge is 0.341 e. The number of pyridine rings is 2. The van der Waals surface area contributed by atoms with Crippen molar-refractivity contribution >= 4 is 22.8 Å². The van der Waals surface area contributed by atoms with Gasteiger partial charge in [0.2, 0.25) is 5.43 Å². The molecule has 2 aliphatic rings. The summed E-state index contributed by atoms with van der Waals surface area (Å²) in [5.74, 6) is -4.06. The number of hydrogen-bond acceptors (Lipinski definition) is 5. The first kappa shape index (κ1) is 19.6. The number of hydrogen-bond donors (Lipinski definition) is 2. The van der Waals surface area contributed by atoms with Crippen LogP contribution < -0.4 is 16.1 Å². The second kappa shape index (κ2) is 6.30. The van der Waals surface area contributed by atoms with Crippen molar-refractivity contribution in [2.45, 2.75) is 24.9 Å². The largest absolute Gasteiger partial charge is 0.477 e. The number of piperidine rings is 1. The van der Waals surface area contributed by atoms with Crippen LogP contribution in [0, 0.1) is 23.4 Å². The molecule has 0 amide bonds. The number of aromatic carboxylic acids is 1. The fourth-order valence-corrected chi connectivity index (χ4v) is 4.50. The van der Waals surface area contributed by atoms with Gasteiger partial charge in [0.15, 0.2) is 17.3 Å². The molecule has 0 spiro atoms. The van der Waals surface area contributed by atoms with Crippen LogP contribution in [0.4, 0.5) is 19.0 Å². The minimum Gasteiger partial charge on any atom is -0.477 e. The van der Waals surface area contributed by atoms with Crippen molar-refractivity contribution in [3.63, 3.8) is 0 Å². The lowest BCUT2D eigenvalue weighted by molar-refractivity contribution is 0.0695. The third-order valence-corrected chi connectivity index (χ3v) is 6.45. The molecule has 1 saturated carbocycles. The Morgan fingerprint density at radius 3 is 2.61 bits per heavy atom. The molecule has 5 rings (SSSR count). The predicted octanol–water partition coefficient (Wildman–Crippen LogP) is 2.43. The highest BCUT2D eigenvalue weighted by Gasteiger charge is 2.62. The number of anilines is 1. The molecule has 1 saturated heterocycles. The first-order chi connectivity index (χ1) is 14.6. The van der Waals surface area contributed by atoms with Gasteiger partial charge < -0.3 is 15.7 Å². The van der Waals surface area contributed by atoms with Crippen LogP contribution in [-0.2, 0) is 0 Å². The van der Waals surface area contributed by atoms with Crippen LogP contribution in [0.5, 0.6) is 0 Å². The lowest BCUT2D eigenvalue weighted by atomic mass is 10.1. The zero-order valence-corrected chi connectivity index (χ0v) is 16.3. The Labute approximate surface area is 173 Å². The van der Waals surface area contributed by atoms with Crippen LogP contribution in [0.1, 0.15) is 23.7 Å². The molecule has 3 heterocycles. The molecule has 1 aliphatic heterocycles. The molecule has 1 aromatic carbocycles. The number of nitrogens with two attached hydrogens (primary N) is 1. The van der Waals surface area contributed by atoms with Crippen molar-refractivity contribution in [2.24, 2.45) is 11.7 Å². The molecule has 1 aliphatic carbocycles. The summed E-state index contributed by atoms with van der Waals surface area (Å²) >= 11 is 0. The normalized spacial score (nSPS) is 24.5. The van der Waals surface area contributed by atoms with E-state index in [1.54, 1.807) is 4.90 Å². The number of fused-ring (bicyclic) bond motifs is 2. The van der Waals surface area contributed by atoms with Crippen LogP contribution in [0.15, 0.2) is 35.3 Å². The zero-order chi connectivity index (χ0) is 22.2.